The van der Waals surface area contributed by atoms with E-state index in [1.807, 2.05) is 224 Å². The fourth-order valence-electron chi connectivity index (χ4n) is 18.4. The van der Waals surface area contributed by atoms with Gasteiger partial charge in [-0.2, -0.15) is 0 Å². The van der Waals surface area contributed by atoms with Crippen molar-refractivity contribution in [3.63, 3.8) is 0 Å². The lowest BCUT2D eigenvalue weighted by Gasteiger charge is -2.18. The molecule has 0 atom stereocenters. The van der Waals surface area contributed by atoms with Gasteiger partial charge >= 0.3 is 0 Å². The van der Waals surface area contributed by atoms with Crippen molar-refractivity contribution >= 4 is 130 Å². The highest BCUT2D eigenvalue weighted by Gasteiger charge is 2.25. The van der Waals surface area contributed by atoms with E-state index in [1.165, 1.54) is 0 Å². The predicted octanol–water partition coefficient (Wildman–Crippen LogP) is 36.0. The van der Waals surface area contributed by atoms with Gasteiger partial charge in [0, 0.05) is 43.4 Å². The lowest BCUT2D eigenvalue weighted by Crippen LogP contribution is -1.91. The average Bonchev–Trinajstić information content (AvgIpc) is 1.13. The molecule has 0 amide bonds. The zero-order valence-corrected chi connectivity index (χ0v) is 68.2. The standard InChI is InChI=1S/2C44H28O.C38H24O/c2*1-3-13-29(14-4-1)33-27-28-40-44(38-21-11-12-22-39(38)45-40)43(33)32-25-23-31(24-26-32)42-36-19-9-7-17-34(36)41(30-15-5-2-6-16-30)35-18-8-10-20-37(35)42;1-2-10-26(11-3-1)37-30-13-4-6-15-32(30)38(33-16-7-5-14-31(33)37)27-20-18-25(19-21-27)28-22-23-36-34(24-28)29-12-8-9-17-35(29)39-36/h2*1-28H;1-24H/i2D,5D,6D,7D,8D,9D,10D,15D,16D,17D,18D,19D,20D;7D,8D,9D,10D,17D,18D,19D,20D;18D,19D,20D,21D,22D,23D,24D. The monoisotopic (exact) mass is 1670 g/mol. The van der Waals surface area contributed by atoms with E-state index in [1.54, 1.807) is 60.7 Å². The summed E-state index contributed by atoms with van der Waals surface area (Å²) in [4.78, 5) is 0. The Bertz CT molecular complexity index is 10400. The lowest BCUT2D eigenvalue weighted by atomic mass is 9.85. The van der Waals surface area contributed by atoms with Crippen molar-refractivity contribution in [2.75, 3.05) is 0 Å². The molecule has 129 heavy (non-hydrogen) atoms. The van der Waals surface area contributed by atoms with E-state index in [0.29, 0.717) is 60.9 Å². The van der Waals surface area contributed by atoms with Crippen molar-refractivity contribution in [2.24, 2.45) is 0 Å². The van der Waals surface area contributed by atoms with Crippen LogP contribution in [0.4, 0.5) is 0 Å². The maximum Gasteiger partial charge on any atom is 0.136 e. The van der Waals surface area contributed by atoms with Crippen molar-refractivity contribution in [1.82, 2.24) is 0 Å². The summed E-state index contributed by atoms with van der Waals surface area (Å²) in [5.41, 5.74) is 14.7. The summed E-state index contributed by atoms with van der Waals surface area (Å²) in [7, 11) is 0. The van der Waals surface area contributed by atoms with E-state index in [4.69, 9.17) is 37.9 Å². The number of hydrogen-bond acceptors (Lipinski definition) is 3. The zero-order chi connectivity index (χ0) is 110. The third kappa shape index (κ3) is 13.3. The smallest absolute Gasteiger partial charge is 0.136 e. The maximum atomic E-state index is 9.31. The Morgan fingerprint density at radius 2 is 0.388 bits per heavy atom. The van der Waals surface area contributed by atoms with Gasteiger partial charge in [0.25, 0.3) is 0 Å². The Balaban J connectivity index is 0.000000125. The van der Waals surface area contributed by atoms with Gasteiger partial charge in [-0.25, -0.2) is 0 Å². The van der Waals surface area contributed by atoms with E-state index in [9.17, 15) is 13.7 Å². The lowest BCUT2D eigenvalue weighted by molar-refractivity contribution is 0.668. The van der Waals surface area contributed by atoms with Crippen LogP contribution >= 0.6 is 0 Å². The molecule has 0 aliphatic rings. The second kappa shape index (κ2) is 32.3. The molecule has 0 radical (unpaired) electrons. The normalized spacial score (nSPS) is 14.6. The van der Waals surface area contributed by atoms with Crippen LogP contribution in [0.2, 0.25) is 0 Å². The molecule has 0 saturated heterocycles. The molecule has 3 aromatic heterocycles. The Kier molecular flexibility index (Phi) is 13.0. The molecular weight excluding hydrogens is 1560 g/mol. The number of benzene rings is 23. The highest BCUT2D eigenvalue weighted by Crippen LogP contribution is 2.52. The van der Waals surface area contributed by atoms with Crippen LogP contribution in [-0.2, 0) is 0 Å². The van der Waals surface area contributed by atoms with Crippen molar-refractivity contribution < 1.29 is 51.6 Å². The van der Waals surface area contributed by atoms with Crippen molar-refractivity contribution in [1.29, 1.82) is 0 Å². The predicted molar refractivity (Wildman–Crippen MR) is 546 cm³/mol. The van der Waals surface area contributed by atoms with Crippen molar-refractivity contribution in [3.05, 3.63) is 485 Å². The first kappa shape index (κ1) is 52.0. The first-order valence-corrected chi connectivity index (χ1v) is 42.0. The highest BCUT2D eigenvalue weighted by atomic mass is 16.3. The van der Waals surface area contributed by atoms with Gasteiger partial charge in [-0.3, -0.25) is 0 Å². The molecule has 0 spiro atoms. The highest BCUT2D eigenvalue weighted by molar-refractivity contribution is 6.26. The molecule has 0 aliphatic heterocycles. The van der Waals surface area contributed by atoms with Gasteiger partial charge in [0.1, 0.15) is 33.5 Å². The SMILES string of the molecule is [2H]c1c([2H])c(-c2c3ccccc3c(-c3ccccc3)c3ccccc23)c([2H])c([2H])c1-c1c([2H])c([2H])c2oc3ccccc3c2c1[2H].[2H]c1c([2H])c([2H])c(-c2c3c([2H])c([2H])c([2H])c([2H])c3c(-c3ccc(-c4c(-c5ccccc5)ccc5oc6ccccc6c45)cc3)c3c([2H])c([2H])c([2H])c([2H])c23)c([2H])c1[2H].[2H]c1c([2H])c([2H])c2c(-c3ccc(-c4c(-c5ccccc5)ccc5oc6ccccc6c45)cc3)c3c([2H])c([2H])c([2H])c([2H])c3c(-c3ccccc3)c2c1[2H]. The third-order valence-corrected chi connectivity index (χ3v) is 24.0. The minimum Gasteiger partial charge on any atom is -0.456 e. The molecule has 3 nitrogen and oxygen atoms in total. The minimum atomic E-state index is -0.714. The van der Waals surface area contributed by atoms with E-state index in [-0.39, 0.29) is 143 Å². The number of hydrogen-bond donors (Lipinski definition) is 0. The van der Waals surface area contributed by atoms with Gasteiger partial charge in [0.2, 0.25) is 0 Å². The van der Waals surface area contributed by atoms with Crippen LogP contribution in [0.5, 0.6) is 0 Å². The molecule has 0 bridgehead atoms. The Hall–Kier alpha value is -17.0. The number of para-hydroxylation sites is 3. The molecule has 3 heteroatoms. The number of fused-ring (bicyclic) bond motifs is 15. The molecule has 0 saturated carbocycles. The summed E-state index contributed by atoms with van der Waals surface area (Å²) in [5, 5.41) is 8.02. The minimum absolute atomic E-state index is 0.0712. The van der Waals surface area contributed by atoms with E-state index in [2.05, 4.69) is 30.3 Å². The Morgan fingerprint density at radius 3 is 0.767 bits per heavy atom. The Labute approximate surface area is 785 Å². The van der Waals surface area contributed by atoms with Crippen LogP contribution in [0.1, 0.15) is 38.4 Å². The first-order valence-electron chi connectivity index (χ1n) is 56.0. The molecule has 0 unspecified atom stereocenters. The molecule has 23 aromatic carbocycles. The van der Waals surface area contributed by atoms with Gasteiger partial charge < -0.3 is 13.3 Å². The second-order valence-electron chi connectivity index (χ2n) is 31.2. The topological polar surface area (TPSA) is 39.4 Å². The van der Waals surface area contributed by atoms with Crippen LogP contribution in [0.25, 0.3) is 253 Å². The van der Waals surface area contributed by atoms with E-state index < -0.39 is 108 Å². The number of rotatable bonds is 11. The van der Waals surface area contributed by atoms with Gasteiger partial charge in [0.15, 0.2) is 0 Å². The Morgan fingerprint density at radius 1 is 0.132 bits per heavy atom. The van der Waals surface area contributed by atoms with Crippen molar-refractivity contribution in [3.8, 4) is 122 Å². The van der Waals surface area contributed by atoms with Crippen LogP contribution in [0.15, 0.2) is 498 Å². The average molecular weight is 1670 g/mol. The van der Waals surface area contributed by atoms with E-state index in [0.717, 1.165) is 110 Å². The van der Waals surface area contributed by atoms with Crippen LogP contribution in [0.3, 0.4) is 0 Å². The van der Waals surface area contributed by atoms with E-state index >= 15 is 0 Å². The molecule has 26 aromatic rings. The summed E-state index contributed by atoms with van der Waals surface area (Å²) in [6, 6.07) is 86.8. The molecule has 602 valence electrons. The molecule has 3 heterocycles. The van der Waals surface area contributed by atoms with Crippen molar-refractivity contribution in [2.45, 2.75) is 0 Å². The quantitative estimate of drug-likeness (QED) is 0.121. The van der Waals surface area contributed by atoms with Gasteiger partial charge in [0.05, 0.1) is 38.4 Å². The van der Waals surface area contributed by atoms with Gasteiger partial charge in [-0.05, 0) is 218 Å². The van der Waals surface area contributed by atoms with Crippen LogP contribution < -0.4 is 0 Å². The molecule has 26 rings (SSSR count). The second-order valence-corrected chi connectivity index (χ2v) is 31.2. The molecule has 0 N–H and O–H groups in total. The summed E-state index contributed by atoms with van der Waals surface area (Å²) in [6.45, 7) is 0. The summed E-state index contributed by atoms with van der Waals surface area (Å²) in [5.74, 6) is 0. The van der Waals surface area contributed by atoms with Crippen LogP contribution in [0, 0.1) is 0 Å². The summed E-state index contributed by atoms with van der Waals surface area (Å²) < 4.78 is 268. The molecule has 0 fully saturated rings. The largest absolute Gasteiger partial charge is 0.456 e. The first-order chi connectivity index (χ1) is 75.7. The summed E-state index contributed by atoms with van der Waals surface area (Å²) in [6.07, 6.45) is 0. The fourth-order valence-corrected chi connectivity index (χ4v) is 18.4. The summed E-state index contributed by atoms with van der Waals surface area (Å²) >= 11 is 0. The maximum absolute atomic E-state index is 9.31. The fraction of sp³-hybridized carbons (Fsp3) is 0. The molecule has 0 aliphatic carbocycles. The van der Waals surface area contributed by atoms with Crippen LogP contribution in [-0.4, -0.2) is 0 Å². The van der Waals surface area contributed by atoms with Gasteiger partial charge in [-0.15, -0.1) is 0 Å². The zero-order valence-electron chi connectivity index (χ0n) is 96.2. The third-order valence-electron chi connectivity index (χ3n) is 24.0. The molecular formula is C126H80O3. The number of furan rings is 3. The van der Waals surface area contributed by atoms with Gasteiger partial charge in [-0.1, -0.05) is 442 Å².